The molecule has 17 heavy (non-hydrogen) atoms. The molecule has 0 unspecified atom stereocenters. The van der Waals surface area contributed by atoms with Gasteiger partial charge in [-0.15, -0.1) is 0 Å². The van der Waals surface area contributed by atoms with Gasteiger partial charge in [-0.05, 0) is 34.4 Å². The lowest BCUT2D eigenvalue weighted by molar-refractivity contribution is 0.112. The molecule has 0 atom stereocenters. The van der Waals surface area contributed by atoms with Crippen LogP contribution in [0.3, 0.4) is 0 Å². The quantitative estimate of drug-likeness (QED) is 0.732. The van der Waals surface area contributed by atoms with Crippen molar-refractivity contribution < 1.29 is 9.53 Å². The second-order valence-electron chi connectivity index (χ2n) is 4.22. The molecular formula is C15H12O2. The Balaban J connectivity index is 2.06. The first kappa shape index (κ1) is 10.2. The van der Waals surface area contributed by atoms with E-state index in [0.717, 1.165) is 17.4 Å². The number of benzene rings is 2. The average molecular weight is 224 g/mol. The molecule has 2 aromatic rings. The van der Waals surface area contributed by atoms with Gasteiger partial charge in [0.1, 0.15) is 6.29 Å². The highest BCUT2D eigenvalue weighted by Crippen LogP contribution is 2.27. The maximum atomic E-state index is 10.8. The van der Waals surface area contributed by atoms with Crippen LogP contribution in [-0.4, -0.2) is 6.29 Å². The predicted octanol–water partition coefficient (Wildman–Crippen LogP) is 3.20. The lowest BCUT2D eigenvalue weighted by atomic mass is 9.99. The molecule has 3 rings (SSSR count). The van der Waals surface area contributed by atoms with E-state index in [1.165, 1.54) is 11.1 Å². The summed E-state index contributed by atoms with van der Waals surface area (Å²) in [5, 5.41) is 0. The molecular weight excluding hydrogens is 212 g/mol. The smallest absolute Gasteiger partial charge is 0.150 e. The minimum absolute atomic E-state index is 0.691. The van der Waals surface area contributed by atoms with E-state index in [9.17, 15) is 4.79 Å². The molecule has 0 spiro atoms. The molecule has 0 aromatic heterocycles. The summed E-state index contributed by atoms with van der Waals surface area (Å²) in [7, 11) is 0. The van der Waals surface area contributed by atoms with E-state index in [0.29, 0.717) is 18.8 Å². The Hall–Kier alpha value is -1.93. The van der Waals surface area contributed by atoms with Crippen molar-refractivity contribution in [3.05, 3.63) is 59.2 Å². The summed E-state index contributed by atoms with van der Waals surface area (Å²) >= 11 is 0. The number of hydrogen-bond acceptors (Lipinski definition) is 2. The monoisotopic (exact) mass is 224 g/mol. The normalized spacial score (nSPS) is 13.4. The SMILES string of the molecule is O=Cc1cccc(-c2ccc3c(c2)COC3)c1. The number of aldehydes is 1. The standard InChI is InChI=1S/C15H12O2/c16-8-11-2-1-3-12(6-11)13-4-5-14-9-17-10-15(14)7-13/h1-8H,9-10H2. The third-order valence-corrected chi connectivity index (χ3v) is 3.08. The number of fused-ring (bicyclic) bond motifs is 1. The van der Waals surface area contributed by atoms with Crippen LogP contribution in [0.25, 0.3) is 11.1 Å². The highest BCUT2D eigenvalue weighted by molar-refractivity contribution is 5.79. The Morgan fingerprint density at radius 1 is 0.941 bits per heavy atom. The second-order valence-corrected chi connectivity index (χ2v) is 4.22. The van der Waals surface area contributed by atoms with Crippen LogP contribution in [0, 0.1) is 0 Å². The van der Waals surface area contributed by atoms with Gasteiger partial charge in [-0.3, -0.25) is 4.79 Å². The van der Waals surface area contributed by atoms with Crippen molar-refractivity contribution in [1.29, 1.82) is 0 Å². The van der Waals surface area contributed by atoms with Gasteiger partial charge in [0.15, 0.2) is 0 Å². The Kier molecular flexibility index (Phi) is 2.50. The largest absolute Gasteiger partial charge is 0.372 e. The molecule has 1 aliphatic rings. The lowest BCUT2D eigenvalue weighted by Crippen LogP contribution is -1.86. The van der Waals surface area contributed by atoms with Crippen LogP contribution < -0.4 is 0 Å². The van der Waals surface area contributed by atoms with Gasteiger partial charge >= 0.3 is 0 Å². The Morgan fingerprint density at radius 3 is 2.65 bits per heavy atom. The van der Waals surface area contributed by atoms with Gasteiger partial charge in [0.25, 0.3) is 0 Å². The molecule has 0 saturated heterocycles. The molecule has 0 fully saturated rings. The van der Waals surface area contributed by atoms with E-state index in [-0.39, 0.29) is 0 Å². The number of carbonyl (C=O) groups is 1. The van der Waals surface area contributed by atoms with Crippen molar-refractivity contribution in [2.45, 2.75) is 13.2 Å². The number of ether oxygens (including phenoxy) is 1. The zero-order valence-electron chi connectivity index (χ0n) is 9.35. The van der Waals surface area contributed by atoms with Crippen molar-refractivity contribution in [3.8, 4) is 11.1 Å². The average Bonchev–Trinajstić information content (AvgIpc) is 2.86. The van der Waals surface area contributed by atoms with Crippen molar-refractivity contribution in [3.63, 3.8) is 0 Å². The molecule has 0 N–H and O–H groups in total. The highest BCUT2D eigenvalue weighted by atomic mass is 16.5. The topological polar surface area (TPSA) is 26.3 Å². The minimum Gasteiger partial charge on any atom is -0.372 e. The summed E-state index contributed by atoms with van der Waals surface area (Å²) in [6, 6.07) is 14.0. The molecule has 0 radical (unpaired) electrons. The van der Waals surface area contributed by atoms with Gasteiger partial charge in [-0.2, -0.15) is 0 Å². The zero-order valence-corrected chi connectivity index (χ0v) is 9.35. The molecule has 0 aliphatic carbocycles. The fraction of sp³-hybridized carbons (Fsp3) is 0.133. The van der Waals surface area contributed by atoms with E-state index < -0.39 is 0 Å². The predicted molar refractivity (Wildman–Crippen MR) is 65.8 cm³/mol. The zero-order chi connectivity index (χ0) is 11.7. The fourth-order valence-corrected chi connectivity index (χ4v) is 2.14. The molecule has 0 saturated carbocycles. The summed E-state index contributed by atoms with van der Waals surface area (Å²) in [4.78, 5) is 10.8. The fourth-order valence-electron chi connectivity index (χ4n) is 2.14. The minimum atomic E-state index is 0.691. The number of carbonyl (C=O) groups excluding carboxylic acids is 1. The van der Waals surface area contributed by atoms with Crippen LogP contribution in [-0.2, 0) is 18.0 Å². The Bertz CT molecular complexity index is 573. The van der Waals surface area contributed by atoms with E-state index in [1.807, 2.05) is 24.3 Å². The van der Waals surface area contributed by atoms with Crippen molar-refractivity contribution in [2.75, 3.05) is 0 Å². The first-order valence-corrected chi connectivity index (χ1v) is 5.62. The van der Waals surface area contributed by atoms with Crippen LogP contribution in [0.15, 0.2) is 42.5 Å². The Morgan fingerprint density at radius 2 is 1.76 bits per heavy atom. The van der Waals surface area contributed by atoms with Crippen LogP contribution in [0.2, 0.25) is 0 Å². The van der Waals surface area contributed by atoms with Gasteiger partial charge in [-0.1, -0.05) is 30.3 Å². The van der Waals surface area contributed by atoms with Crippen molar-refractivity contribution in [1.82, 2.24) is 0 Å². The van der Waals surface area contributed by atoms with Gasteiger partial charge in [0.2, 0.25) is 0 Å². The molecule has 84 valence electrons. The van der Waals surface area contributed by atoms with Crippen LogP contribution >= 0.6 is 0 Å². The third-order valence-electron chi connectivity index (χ3n) is 3.08. The van der Waals surface area contributed by atoms with Crippen molar-refractivity contribution >= 4 is 6.29 Å². The van der Waals surface area contributed by atoms with Crippen LogP contribution in [0.1, 0.15) is 21.5 Å². The van der Waals surface area contributed by atoms with E-state index in [2.05, 4.69) is 18.2 Å². The summed E-state index contributed by atoms with van der Waals surface area (Å²) in [6.45, 7) is 1.40. The first-order valence-electron chi connectivity index (χ1n) is 5.62. The molecule has 2 nitrogen and oxygen atoms in total. The summed E-state index contributed by atoms with van der Waals surface area (Å²) in [5.74, 6) is 0. The molecule has 2 heteroatoms. The van der Waals surface area contributed by atoms with E-state index in [4.69, 9.17) is 4.74 Å². The summed E-state index contributed by atoms with van der Waals surface area (Å²) in [5.41, 5.74) is 5.43. The van der Waals surface area contributed by atoms with Gasteiger partial charge in [0, 0.05) is 5.56 Å². The maximum Gasteiger partial charge on any atom is 0.150 e. The van der Waals surface area contributed by atoms with Crippen molar-refractivity contribution in [2.24, 2.45) is 0 Å². The van der Waals surface area contributed by atoms with Gasteiger partial charge in [0.05, 0.1) is 13.2 Å². The molecule has 0 bridgehead atoms. The van der Waals surface area contributed by atoms with Gasteiger partial charge < -0.3 is 4.74 Å². The third kappa shape index (κ3) is 1.87. The summed E-state index contributed by atoms with van der Waals surface area (Å²) in [6.07, 6.45) is 0.875. The van der Waals surface area contributed by atoms with E-state index >= 15 is 0 Å². The highest BCUT2D eigenvalue weighted by Gasteiger charge is 2.11. The van der Waals surface area contributed by atoms with Crippen LogP contribution in [0.5, 0.6) is 0 Å². The molecule has 0 amide bonds. The molecule has 1 heterocycles. The number of hydrogen-bond donors (Lipinski definition) is 0. The van der Waals surface area contributed by atoms with Crippen LogP contribution in [0.4, 0.5) is 0 Å². The first-order chi connectivity index (χ1) is 8.36. The van der Waals surface area contributed by atoms with E-state index in [1.54, 1.807) is 0 Å². The second kappa shape index (κ2) is 4.15. The maximum absolute atomic E-state index is 10.8. The lowest BCUT2D eigenvalue weighted by Gasteiger charge is -2.04. The molecule has 1 aliphatic heterocycles. The number of rotatable bonds is 2. The molecule has 2 aromatic carbocycles. The summed E-state index contributed by atoms with van der Waals surface area (Å²) < 4.78 is 5.39. The Labute approximate surface area is 99.9 Å². The van der Waals surface area contributed by atoms with Gasteiger partial charge in [-0.25, -0.2) is 0 Å².